The number of ether oxygens (including phenoxy) is 1. The van der Waals surface area contributed by atoms with Gasteiger partial charge in [0.1, 0.15) is 5.75 Å². The summed E-state index contributed by atoms with van der Waals surface area (Å²) in [6.07, 6.45) is 6.20. The zero-order chi connectivity index (χ0) is 13.9. The lowest BCUT2D eigenvalue weighted by Gasteiger charge is -2.42. The van der Waals surface area contributed by atoms with Crippen molar-refractivity contribution in [1.82, 2.24) is 9.88 Å². The Bertz CT molecular complexity index is 418. The van der Waals surface area contributed by atoms with E-state index in [1.54, 1.807) is 19.5 Å². The molecule has 1 aromatic rings. The van der Waals surface area contributed by atoms with Crippen LogP contribution in [0.2, 0.25) is 0 Å². The molecule has 1 saturated heterocycles. The number of likely N-dealkylation sites (tertiary alicyclic amines) is 1. The van der Waals surface area contributed by atoms with Gasteiger partial charge in [-0.2, -0.15) is 0 Å². The second-order valence-corrected chi connectivity index (χ2v) is 5.47. The van der Waals surface area contributed by atoms with E-state index < -0.39 is 6.10 Å². The van der Waals surface area contributed by atoms with Crippen molar-refractivity contribution in [2.24, 2.45) is 0 Å². The number of hydrogen-bond donors (Lipinski definition) is 1. The molecule has 4 heteroatoms. The van der Waals surface area contributed by atoms with Gasteiger partial charge in [0.05, 0.1) is 19.4 Å². The van der Waals surface area contributed by atoms with Gasteiger partial charge in [0.15, 0.2) is 0 Å². The smallest absolute Gasteiger partial charge is 0.137 e. The number of aliphatic hydroxyl groups is 1. The van der Waals surface area contributed by atoms with Crippen LogP contribution in [0.4, 0.5) is 0 Å². The van der Waals surface area contributed by atoms with E-state index in [0.717, 1.165) is 25.1 Å². The Labute approximate surface area is 115 Å². The molecule has 0 bridgehead atoms. The quantitative estimate of drug-likeness (QED) is 0.887. The molecule has 2 rings (SSSR count). The molecule has 0 amide bonds. The van der Waals surface area contributed by atoms with E-state index in [1.165, 1.54) is 12.8 Å². The van der Waals surface area contributed by atoms with Crippen molar-refractivity contribution < 1.29 is 9.84 Å². The van der Waals surface area contributed by atoms with Gasteiger partial charge in [0.25, 0.3) is 0 Å². The molecule has 1 aliphatic rings. The minimum Gasteiger partial charge on any atom is -0.495 e. The highest BCUT2D eigenvalue weighted by molar-refractivity contribution is 5.27. The van der Waals surface area contributed by atoms with Crippen molar-refractivity contribution in [2.45, 2.75) is 44.8 Å². The lowest BCUT2D eigenvalue weighted by molar-refractivity contribution is -0.0142. The predicted molar refractivity (Wildman–Crippen MR) is 75.3 cm³/mol. The standard InChI is InChI=1S/C15H24N2O2/c1-4-15(2,17-7-5-6-8-17)14(18)12-9-13(19-3)11-16-10-12/h9-11,14,18H,4-8H2,1-3H3. The first kappa shape index (κ1) is 14.3. The molecule has 1 fully saturated rings. The molecule has 1 aromatic heterocycles. The zero-order valence-electron chi connectivity index (χ0n) is 12.1. The van der Waals surface area contributed by atoms with Gasteiger partial charge >= 0.3 is 0 Å². The zero-order valence-corrected chi connectivity index (χ0v) is 12.1. The predicted octanol–water partition coefficient (Wildman–Crippen LogP) is 2.39. The van der Waals surface area contributed by atoms with E-state index >= 15 is 0 Å². The van der Waals surface area contributed by atoms with Gasteiger partial charge in [-0.05, 0) is 45.3 Å². The number of pyridine rings is 1. The molecule has 2 heterocycles. The van der Waals surface area contributed by atoms with Crippen LogP contribution in [-0.4, -0.2) is 40.7 Å². The average molecular weight is 264 g/mol. The summed E-state index contributed by atoms with van der Waals surface area (Å²) in [5, 5.41) is 10.8. The number of rotatable bonds is 5. The maximum absolute atomic E-state index is 10.8. The number of aliphatic hydroxyl groups excluding tert-OH is 1. The minimum atomic E-state index is -0.543. The Balaban J connectivity index is 2.25. The SMILES string of the molecule is CCC(C)(C(O)c1cncc(OC)c1)N1CCCC1. The number of hydrogen-bond acceptors (Lipinski definition) is 4. The first-order chi connectivity index (χ1) is 9.11. The summed E-state index contributed by atoms with van der Waals surface area (Å²) >= 11 is 0. The van der Waals surface area contributed by atoms with E-state index in [2.05, 4.69) is 23.7 Å². The van der Waals surface area contributed by atoms with Crippen LogP contribution in [0.3, 0.4) is 0 Å². The molecule has 0 radical (unpaired) electrons. The van der Waals surface area contributed by atoms with Crippen LogP contribution < -0.4 is 4.74 Å². The molecule has 0 aliphatic carbocycles. The van der Waals surface area contributed by atoms with E-state index in [9.17, 15) is 5.11 Å². The highest BCUT2D eigenvalue weighted by Gasteiger charge is 2.39. The Morgan fingerprint density at radius 3 is 2.68 bits per heavy atom. The Hall–Kier alpha value is -1.13. The fourth-order valence-corrected chi connectivity index (χ4v) is 2.87. The first-order valence-electron chi connectivity index (χ1n) is 7.04. The fourth-order valence-electron chi connectivity index (χ4n) is 2.87. The maximum Gasteiger partial charge on any atom is 0.137 e. The molecule has 0 spiro atoms. The molecule has 2 unspecified atom stereocenters. The van der Waals surface area contributed by atoms with Crippen LogP contribution in [-0.2, 0) is 0 Å². The first-order valence-corrected chi connectivity index (χ1v) is 7.04. The van der Waals surface area contributed by atoms with Crippen LogP contribution in [0.15, 0.2) is 18.5 Å². The van der Waals surface area contributed by atoms with Crippen molar-refractivity contribution in [3.63, 3.8) is 0 Å². The van der Waals surface area contributed by atoms with Crippen LogP contribution >= 0.6 is 0 Å². The molecule has 106 valence electrons. The summed E-state index contributed by atoms with van der Waals surface area (Å²) in [6.45, 7) is 6.41. The molecular weight excluding hydrogens is 240 g/mol. The molecule has 0 saturated carbocycles. The monoisotopic (exact) mass is 264 g/mol. The topological polar surface area (TPSA) is 45.6 Å². The highest BCUT2D eigenvalue weighted by Crippen LogP contribution is 2.36. The van der Waals surface area contributed by atoms with E-state index in [-0.39, 0.29) is 5.54 Å². The molecule has 2 atom stereocenters. The summed E-state index contributed by atoms with van der Waals surface area (Å²) in [5.74, 6) is 0.691. The van der Waals surface area contributed by atoms with Gasteiger partial charge in [-0.25, -0.2) is 0 Å². The second-order valence-electron chi connectivity index (χ2n) is 5.47. The Morgan fingerprint density at radius 1 is 1.42 bits per heavy atom. The van der Waals surface area contributed by atoms with Crippen LogP contribution in [0.1, 0.15) is 44.8 Å². The van der Waals surface area contributed by atoms with Gasteiger partial charge in [-0.1, -0.05) is 6.92 Å². The largest absolute Gasteiger partial charge is 0.495 e. The van der Waals surface area contributed by atoms with Gasteiger partial charge < -0.3 is 9.84 Å². The molecule has 1 N–H and O–H groups in total. The van der Waals surface area contributed by atoms with E-state index in [1.807, 2.05) is 6.07 Å². The average Bonchev–Trinajstić information content (AvgIpc) is 3.00. The minimum absolute atomic E-state index is 0.232. The Kier molecular flexibility index (Phi) is 4.42. The summed E-state index contributed by atoms with van der Waals surface area (Å²) in [6, 6.07) is 1.88. The van der Waals surface area contributed by atoms with Crippen molar-refractivity contribution in [3.05, 3.63) is 24.0 Å². The lowest BCUT2D eigenvalue weighted by Crippen LogP contribution is -2.48. The molecule has 1 aliphatic heterocycles. The van der Waals surface area contributed by atoms with Gasteiger partial charge in [0, 0.05) is 17.3 Å². The Morgan fingerprint density at radius 2 is 2.11 bits per heavy atom. The van der Waals surface area contributed by atoms with Crippen LogP contribution in [0, 0.1) is 0 Å². The van der Waals surface area contributed by atoms with Crippen molar-refractivity contribution >= 4 is 0 Å². The molecule has 4 nitrogen and oxygen atoms in total. The third-order valence-electron chi connectivity index (χ3n) is 4.42. The normalized spacial score (nSPS) is 21.1. The van der Waals surface area contributed by atoms with E-state index in [4.69, 9.17) is 4.74 Å². The summed E-state index contributed by atoms with van der Waals surface area (Å²) in [7, 11) is 1.62. The number of methoxy groups -OCH3 is 1. The third kappa shape index (κ3) is 2.74. The highest BCUT2D eigenvalue weighted by atomic mass is 16.5. The number of aromatic nitrogens is 1. The third-order valence-corrected chi connectivity index (χ3v) is 4.42. The molecule has 19 heavy (non-hydrogen) atoms. The van der Waals surface area contributed by atoms with Crippen LogP contribution in [0.5, 0.6) is 5.75 Å². The van der Waals surface area contributed by atoms with Crippen molar-refractivity contribution in [3.8, 4) is 5.75 Å². The van der Waals surface area contributed by atoms with Crippen molar-refractivity contribution in [1.29, 1.82) is 0 Å². The molecule has 0 aromatic carbocycles. The van der Waals surface area contributed by atoms with Crippen LogP contribution in [0.25, 0.3) is 0 Å². The number of nitrogens with zero attached hydrogens (tertiary/aromatic N) is 2. The van der Waals surface area contributed by atoms with Crippen molar-refractivity contribution in [2.75, 3.05) is 20.2 Å². The van der Waals surface area contributed by atoms with E-state index in [0.29, 0.717) is 5.75 Å². The van der Waals surface area contributed by atoms with Gasteiger partial charge in [-0.3, -0.25) is 9.88 Å². The molecular formula is C15H24N2O2. The van der Waals surface area contributed by atoms with Gasteiger partial charge in [0.2, 0.25) is 0 Å². The van der Waals surface area contributed by atoms with Gasteiger partial charge in [-0.15, -0.1) is 0 Å². The second kappa shape index (κ2) is 5.88. The summed E-state index contributed by atoms with van der Waals surface area (Å²) in [5.41, 5.74) is 0.598. The maximum atomic E-state index is 10.8. The lowest BCUT2D eigenvalue weighted by atomic mass is 9.86. The summed E-state index contributed by atoms with van der Waals surface area (Å²) in [4.78, 5) is 6.55. The fraction of sp³-hybridized carbons (Fsp3) is 0.667. The summed E-state index contributed by atoms with van der Waals surface area (Å²) < 4.78 is 5.19.